The second-order valence-corrected chi connectivity index (χ2v) is 10.9. The number of aliphatic hydroxyl groups is 2. The molecule has 0 aliphatic heterocycles. The molecule has 6 nitrogen and oxygen atoms in total. The summed E-state index contributed by atoms with van der Waals surface area (Å²) in [6, 6.07) is 0. The first-order chi connectivity index (χ1) is 14.8. The number of aliphatic hydroxyl groups excluding tert-OH is 2. The standard InChI is InChI=1S/C23H31F3O6/c1-20-7-5-13(28)9-12(20)3-4-14-15-6-8-22(17(30)11-27,32-19(31)23(24,25)26)21(15,2)10-16(29)18(14)20/h12-15,18,27-28H,3-11H2,1-2H3/t12-,13-,14+,15+,18-,20+,21+,22+/m1/s1. The summed E-state index contributed by atoms with van der Waals surface area (Å²) in [6.45, 7) is 2.61. The van der Waals surface area contributed by atoms with Gasteiger partial charge in [0.25, 0.3) is 0 Å². The van der Waals surface area contributed by atoms with Gasteiger partial charge in [-0.1, -0.05) is 13.8 Å². The Morgan fingerprint density at radius 3 is 2.44 bits per heavy atom. The van der Waals surface area contributed by atoms with Crippen LogP contribution in [0.5, 0.6) is 0 Å². The molecule has 0 spiro atoms. The molecule has 4 rings (SSSR count). The summed E-state index contributed by atoms with van der Waals surface area (Å²) in [5, 5.41) is 19.7. The predicted molar refractivity (Wildman–Crippen MR) is 105 cm³/mol. The lowest BCUT2D eigenvalue weighted by Gasteiger charge is -2.60. The van der Waals surface area contributed by atoms with Crippen molar-refractivity contribution in [3.8, 4) is 0 Å². The maximum atomic E-state index is 13.6. The molecular formula is C23H31F3O6. The van der Waals surface area contributed by atoms with Crippen molar-refractivity contribution in [1.82, 2.24) is 0 Å². The molecule has 0 unspecified atom stereocenters. The minimum atomic E-state index is -5.28. The zero-order chi connectivity index (χ0) is 23.7. The third kappa shape index (κ3) is 3.17. The molecule has 4 saturated carbocycles. The minimum absolute atomic E-state index is 0.114. The molecule has 0 aromatic carbocycles. The molecule has 0 aromatic rings. The Morgan fingerprint density at radius 2 is 1.81 bits per heavy atom. The molecule has 0 saturated heterocycles. The zero-order valence-corrected chi connectivity index (χ0v) is 18.4. The average Bonchev–Trinajstić information content (AvgIpc) is 2.99. The van der Waals surface area contributed by atoms with E-state index in [1.54, 1.807) is 6.92 Å². The van der Waals surface area contributed by atoms with Crippen molar-refractivity contribution in [2.45, 2.75) is 83.1 Å². The number of rotatable bonds is 3. The molecule has 4 aliphatic carbocycles. The van der Waals surface area contributed by atoms with Crippen LogP contribution in [0.2, 0.25) is 0 Å². The lowest BCUT2D eigenvalue weighted by molar-refractivity contribution is -0.228. The molecule has 0 amide bonds. The summed E-state index contributed by atoms with van der Waals surface area (Å²) in [4.78, 5) is 38.2. The number of ketones is 2. The highest BCUT2D eigenvalue weighted by Crippen LogP contribution is 2.68. The van der Waals surface area contributed by atoms with Crippen LogP contribution in [-0.4, -0.2) is 52.2 Å². The Bertz CT molecular complexity index is 827. The van der Waals surface area contributed by atoms with E-state index in [0.717, 1.165) is 6.42 Å². The molecule has 0 radical (unpaired) electrons. The lowest BCUT2D eigenvalue weighted by atomic mass is 9.44. The lowest BCUT2D eigenvalue weighted by Crippen LogP contribution is -2.63. The van der Waals surface area contributed by atoms with Gasteiger partial charge in [-0.3, -0.25) is 9.59 Å². The predicted octanol–water partition coefficient (Wildman–Crippen LogP) is 2.97. The van der Waals surface area contributed by atoms with Crippen LogP contribution < -0.4 is 0 Å². The van der Waals surface area contributed by atoms with E-state index >= 15 is 0 Å². The van der Waals surface area contributed by atoms with Crippen molar-refractivity contribution in [1.29, 1.82) is 0 Å². The number of hydrogen-bond donors (Lipinski definition) is 2. The van der Waals surface area contributed by atoms with Crippen LogP contribution in [0.15, 0.2) is 0 Å². The summed E-state index contributed by atoms with van der Waals surface area (Å²) in [6.07, 6.45) is -2.16. The number of carbonyl (C=O) groups excluding carboxylic acids is 3. The summed E-state index contributed by atoms with van der Waals surface area (Å²) in [7, 11) is 0. The molecule has 9 heteroatoms. The molecule has 2 N–H and O–H groups in total. The highest BCUT2D eigenvalue weighted by Gasteiger charge is 2.71. The number of esters is 1. The van der Waals surface area contributed by atoms with Crippen LogP contribution in [0.4, 0.5) is 13.2 Å². The maximum Gasteiger partial charge on any atom is 0.490 e. The van der Waals surface area contributed by atoms with E-state index in [2.05, 4.69) is 6.92 Å². The Labute approximate surface area is 184 Å². The molecule has 0 heterocycles. The fourth-order valence-electron chi connectivity index (χ4n) is 8.06. The largest absolute Gasteiger partial charge is 0.490 e. The summed E-state index contributed by atoms with van der Waals surface area (Å²) in [5.74, 6) is -4.04. The van der Waals surface area contributed by atoms with Gasteiger partial charge in [0.15, 0.2) is 5.60 Å². The summed E-state index contributed by atoms with van der Waals surface area (Å²) >= 11 is 0. The van der Waals surface area contributed by atoms with E-state index in [9.17, 15) is 37.8 Å². The quantitative estimate of drug-likeness (QED) is 0.628. The maximum absolute atomic E-state index is 13.6. The molecule has 8 atom stereocenters. The van der Waals surface area contributed by atoms with E-state index in [-0.39, 0.29) is 53.8 Å². The van der Waals surface area contributed by atoms with Crippen molar-refractivity contribution < 1.29 is 42.5 Å². The van der Waals surface area contributed by atoms with Crippen molar-refractivity contribution in [3.05, 3.63) is 0 Å². The zero-order valence-electron chi connectivity index (χ0n) is 18.4. The van der Waals surface area contributed by atoms with Crippen molar-refractivity contribution in [3.63, 3.8) is 0 Å². The highest BCUT2D eigenvalue weighted by molar-refractivity contribution is 5.94. The molecule has 32 heavy (non-hydrogen) atoms. The van der Waals surface area contributed by atoms with Crippen LogP contribution in [0.3, 0.4) is 0 Å². The van der Waals surface area contributed by atoms with E-state index < -0.39 is 35.6 Å². The van der Waals surface area contributed by atoms with Crippen LogP contribution >= 0.6 is 0 Å². The van der Waals surface area contributed by atoms with Crippen LogP contribution in [0.25, 0.3) is 0 Å². The first-order valence-electron chi connectivity index (χ1n) is 11.5. The van der Waals surface area contributed by atoms with E-state index in [1.807, 2.05) is 0 Å². The second kappa shape index (κ2) is 7.52. The van der Waals surface area contributed by atoms with E-state index in [0.29, 0.717) is 32.1 Å². The fourth-order valence-corrected chi connectivity index (χ4v) is 8.06. The normalized spacial score (nSPS) is 46.1. The molecule has 0 aromatic heterocycles. The average molecular weight is 460 g/mol. The van der Waals surface area contributed by atoms with Gasteiger partial charge in [0.05, 0.1) is 6.10 Å². The van der Waals surface area contributed by atoms with Gasteiger partial charge < -0.3 is 14.9 Å². The third-order valence-electron chi connectivity index (χ3n) is 9.54. The summed E-state index contributed by atoms with van der Waals surface area (Å²) < 4.78 is 44.1. The molecule has 4 aliphatic rings. The third-order valence-corrected chi connectivity index (χ3v) is 9.54. The van der Waals surface area contributed by atoms with Crippen LogP contribution in [0, 0.1) is 34.5 Å². The number of carbonyl (C=O) groups is 3. The van der Waals surface area contributed by atoms with Gasteiger partial charge in [-0.25, -0.2) is 4.79 Å². The number of halogens is 3. The highest BCUT2D eigenvalue weighted by atomic mass is 19.4. The van der Waals surface area contributed by atoms with Gasteiger partial charge in [0, 0.05) is 17.8 Å². The topological polar surface area (TPSA) is 101 Å². The number of ether oxygens (including phenoxy) is 1. The van der Waals surface area contributed by atoms with Gasteiger partial charge >= 0.3 is 12.1 Å². The first kappa shape index (κ1) is 23.7. The van der Waals surface area contributed by atoms with Gasteiger partial charge in [-0.05, 0) is 68.1 Å². The van der Waals surface area contributed by atoms with Crippen molar-refractivity contribution in [2.24, 2.45) is 34.5 Å². The number of fused-ring (bicyclic) bond motifs is 5. The Balaban J connectivity index is 1.72. The number of alkyl halides is 3. The van der Waals surface area contributed by atoms with Gasteiger partial charge in [-0.2, -0.15) is 13.2 Å². The molecule has 4 fully saturated rings. The van der Waals surface area contributed by atoms with Crippen molar-refractivity contribution in [2.75, 3.05) is 6.61 Å². The smallest absolute Gasteiger partial charge is 0.444 e. The van der Waals surface area contributed by atoms with Crippen molar-refractivity contribution >= 4 is 17.5 Å². The molecule has 0 bridgehead atoms. The Kier molecular flexibility index (Phi) is 5.56. The van der Waals surface area contributed by atoms with Gasteiger partial charge in [-0.15, -0.1) is 0 Å². The van der Waals surface area contributed by atoms with E-state index in [1.165, 1.54) is 0 Å². The summed E-state index contributed by atoms with van der Waals surface area (Å²) in [5.41, 5.74) is -3.76. The fraction of sp³-hybridized carbons (Fsp3) is 0.870. The Morgan fingerprint density at radius 1 is 1.12 bits per heavy atom. The number of Topliss-reactive ketones (excluding diaryl/α,β-unsaturated/α-hetero) is 2. The van der Waals surface area contributed by atoms with Gasteiger partial charge in [0.1, 0.15) is 12.4 Å². The van der Waals surface area contributed by atoms with E-state index in [4.69, 9.17) is 4.74 Å². The minimum Gasteiger partial charge on any atom is -0.444 e. The Hall–Kier alpha value is -1.48. The molecular weight excluding hydrogens is 429 g/mol. The monoisotopic (exact) mass is 460 g/mol. The van der Waals surface area contributed by atoms with Crippen LogP contribution in [0.1, 0.15) is 65.2 Å². The SMILES string of the molecule is C[C@]12CC[C@@H](O)C[C@H]1CC[C@@H]1[C@@H]2C(=O)C[C@@]2(C)[C@H]1CC[C@]2(OC(=O)C(F)(F)F)C(=O)CO. The molecule has 180 valence electrons. The second-order valence-electron chi connectivity index (χ2n) is 10.9. The van der Waals surface area contributed by atoms with Crippen LogP contribution in [-0.2, 0) is 19.1 Å². The number of hydrogen-bond acceptors (Lipinski definition) is 6. The first-order valence-corrected chi connectivity index (χ1v) is 11.5. The van der Waals surface area contributed by atoms with Gasteiger partial charge in [0.2, 0.25) is 5.78 Å².